The van der Waals surface area contributed by atoms with E-state index in [0.717, 1.165) is 77.3 Å². The lowest BCUT2D eigenvalue weighted by atomic mass is 9.93. The van der Waals surface area contributed by atoms with Gasteiger partial charge in [0, 0.05) is 18.8 Å². The number of methoxy groups -OCH3 is 2. The molecule has 4 heterocycles. The van der Waals surface area contributed by atoms with Gasteiger partial charge in [-0.15, -0.1) is 0 Å². The van der Waals surface area contributed by atoms with E-state index >= 15 is 0 Å². The fourth-order valence-corrected chi connectivity index (χ4v) is 8.92. The second-order valence-electron chi connectivity index (χ2n) is 16.8. The first-order chi connectivity index (χ1) is 28.4. The van der Waals surface area contributed by atoms with E-state index in [9.17, 15) is 19.2 Å². The highest BCUT2D eigenvalue weighted by Crippen LogP contribution is 2.34. The number of carbonyl (C=O) groups is 4. The summed E-state index contributed by atoms with van der Waals surface area (Å²) in [6.45, 7) is 11.0. The Balaban J connectivity index is 0.981. The molecule has 0 spiro atoms. The zero-order valence-corrected chi connectivity index (χ0v) is 35.2. The van der Waals surface area contributed by atoms with Crippen molar-refractivity contribution in [3.05, 3.63) is 77.5 Å². The smallest absolute Gasteiger partial charge is 0.407 e. The van der Waals surface area contributed by atoms with Crippen molar-refractivity contribution >= 4 is 41.2 Å². The van der Waals surface area contributed by atoms with Crippen molar-refractivity contribution in [2.75, 3.05) is 27.3 Å². The third kappa shape index (κ3) is 8.72. The van der Waals surface area contributed by atoms with Crippen molar-refractivity contribution in [3.8, 4) is 11.1 Å². The Morgan fingerprint density at radius 2 is 1.24 bits per heavy atom. The van der Waals surface area contributed by atoms with E-state index in [4.69, 9.17) is 19.5 Å². The molecule has 0 bridgehead atoms. The number of ether oxygens (including phenoxy) is 2. The first-order valence-electron chi connectivity index (χ1n) is 21.0. The van der Waals surface area contributed by atoms with Crippen LogP contribution in [-0.4, -0.2) is 109 Å². The Kier molecular flexibility index (Phi) is 12.4. The lowest BCUT2D eigenvalue weighted by Crippen LogP contribution is -2.55. The van der Waals surface area contributed by atoms with E-state index in [2.05, 4.69) is 88.9 Å². The van der Waals surface area contributed by atoms with E-state index in [0.29, 0.717) is 13.1 Å². The van der Waals surface area contributed by atoms with Gasteiger partial charge >= 0.3 is 12.2 Å². The number of alkyl carbamates (subject to hydrolysis) is 2. The summed E-state index contributed by atoms with van der Waals surface area (Å²) in [6, 6.07) is 15.4. The number of rotatable bonds is 11. The van der Waals surface area contributed by atoms with E-state index in [1.165, 1.54) is 14.2 Å². The molecule has 0 saturated carbocycles. The predicted octanol–water partition coefficient (Wildman–Crippen LogP) is 5.57. The number of benzene rings is 2. The highest BCUT2D eigenvalue weighted by Gasteiger charge is 2.42. The zero-order valence-electron chi connectivity index (χ0n) is 35.2. The number of aliphatic imine (C=N–C) groups is 2. The fourth-order valence-electron chi connectivity index (χ4n) is 8.92. The van der Waals surface area contributed by atoms with E-state index in [-0.39, 0.29) is 53.9 Å². The van der Waals surface area contributed by atoms with Gasteiger partial charge in [-0.3, -0.25) is 19.6 Å². The molecule has 7 atom stereocenters. The van der Waals surface area contributed by atoms with Gasteiger partial charge in [-0.1, -0.05) is 82.3 Å². The standard InChI is InChI=1S/C45H58N8O6/c1-25(2)37(50-44(56)58-6)42(54)52-22-8-10-35(52)40-46-27(5)39(49-40)31-18-16-29(17-19-31)28-12-14-30(15-13-28)32-20-21-33-34(24-32)48-41(47-33)36-11-9-23-53(36)43(55)38(26(3)4)51-45(57)59-7/h12-20,24-27,33,35-39H,8-11,21-23H2,1-7H3,(H,46,49)(H,47,48)(H,50,56)(H,51,57). The summed E-state index contributed by atoms with van der Waals surface area (Å²) in [4.78, 5) is 65.2. The van der Waals surface area contributed by atoms with Crippen LogP contribution in [-0.2, 0) is 19.1 Å². The summed E-state index contributed by atoms with van der Waals surface area (Å²) in [5.74, 6) is 1.22. The summed E-state index contributed by atoms with van der Waals surface area (Å²) in [5, 5.41) is 12.6. The van der Waals surface area contributed by atoms with Gasteiger partial charge in [0.15, 0.2) is 0 Å². The molecule has 59 heavy (non-hydrogen) atoms. The van der Waals surface area contributed by atoms with Crippen LogP contribution < -0.4 is 21.3 Å². The Morgan fingerprint density at radius 3 is 1.76 bits per heavy atom. The molecule has 0 aromatic heterocycles. The first kappa shape index (κ1) is 41.5. The van der Waals surface area contributed by atoms with Crippen LogP contribution in [0.4, 0.5) is 9.59 Å². The van der Waals surface area contributed by atoms with Gasteiger partial charge in [0.25, 0.3) is 0 Å². The minimum absolute atomic E-state index is 0.0106. The second kappa shape index (κ2) is 17.7. The van der Waals surface area contributed by atoms with Crippen molar-refractivity contribution in [2.24, 2.45) is 21.8 Å². The van der Waals surface area contributed by atoms with Crippen LogP contribution in [0.5, 0.6) is 0 Å². The van der Waals surface area contributed by atoms with Gasteiger partial charge in [-0.25, -0.2) is 9.59 Å². The summed E-state index contributed by atoms with van der Waals surface area (Å²) < 4.78 is 9.57. The SMILES string of the molecule is COC(=O)NC(C(=O)N1CCCC1C1=NC2CC=C(c3ccc(-c4ccc(C5N=C(C6CCCN6C(=O)C(NC(=O)OC)C(C)C)NC5C)cc4)cc3)C=C2N1)C(C)C. The monoisotopic (exact) mass is 806 g/mol. The molecule has 314 valence electrons. The van der Waals surface area contributed by atoms with Crippen molar-refractivity contribution in [3.63, 3.8) is 0 Å². The molecule has 7 rings (SSSR count). The fraction of sp³-hybridized carbons (Fsp3) is 0.511. The molecule has 2 saturated heterocycles. The molecule has 14 nitrogen and oxygen atoms in total. The quantitative estimate of drug-likeness (QED) is 0.229. The number of hydrogen-bond acceptors (Lipinski definition) is 10. The van der Waals surface area contributed by atoms with E-state index < -0.39 is 24.3 Å². The molecule has 2 fully saturated rings. The topological polar surface area (TPSA) is 166 Å². The van der Waals surface area contributed by atoms with Crippen LogP contribution in [0.25, 0.3) is 16.7 Å². The van der Waals surface area contributed by atoms with Gasteiger partial charge in [-0.2, -0.15) is 0 Å². The van der Waals surface area contributed by atoms with Gasteiger partial charge in [0.2, 0.25) is 11.8 Å². The minimum atomic E-state index is -0.674. The van der Waals surface area contributed by atoms with Crippen LogP contribution in [0.3, 0.4) is 0 Å². The van der Waals surface area contributed by atoms with Crippen LogP contribution >= 0.6 is 0 Å². The van der Waals surface area contributed by atoms with Gasteiger partial charge < -0.3 is 40.5 Å². The Hall–Kier alpha value is -5.66. The van der Waals surface area contributed by atoms with Gasteiger partial charge in [0.1, 0.15) is 23.8 Å². The van der Waals surface area contributed by atoms with Crippen molar-refractivity contribution in [1.29, 1.82) is 0 Å². The molecule has 2 aromatic rings. The minimum Gasteiger partial charge on any atom is -0.453 e. The molecule has 1 aliphatic carbocycles. The van der Waals surface area contributed by atoms with Crippen molar-refractivity contribution in [1.82, 2.24) is 31.1 Å². The Bertz CT molecular complexity index is 2040. The van der Waals surface area contributed by atoms with Gasteiger partial charge in [-0.05, 0) is 84.8 Å². The first-order valence-corrected chi connectivity index (χ1v) is 21.0. The third-order valence-corrected chi connectivity index (χ3v) is 12.2. The van der Waals surface area contributed by atoms with Crippen LogP contribution in [0.15, 0.2) is 76.4 Å². The molecule has 4 amide bonds. The molecule has 4 aliphatic heterocycles. The third-order valence-electron chi connectivity index (χ3n) is 12.2. The predicted molar refractivity (Wildman–Crippen MR) is 227 cm³/mol. The van der Waals surface area contributed by atoms with Crippen LogP contribution in [0.2, 0.25) is 0 Å². The number of nitrogens with one attached hydrogen (secondary N) is 4. The molecule has 0 radical (unpaired) electrons. The number of amides is 4. The molecule has 2 aromatic carbocycles. The van der Waals surface area contributed by atoms with E-state index in [1.807, 2.05) is 37.5 Å². The average molecular weight is 807 g/mol. The molecule has 4 N–H and O–H groups in total. The normalized spacial score (nSPS) is 24.6. The number of fused-ring (bicyclic) bond motifs is 1. The van der Waals surface area contributed by atoms with Gasteiger partial charge in [0.05, 0.1) is 44.4 Å². The number of amidine groups is 2. The molecular weight excluding hydrogens is 749 g/mol. The molecule has 5 aliphatic rings. The molecule has 14 heteroatoms. The van der Waals surface area contributed by atoms with Crippen LogP contribution in [0.1, 0.15) is 83.9 Å². The largest absolute Gasteiger partial charge is 0.453 e. The maximum absolute atomic E-state index is 13.7. The lowest BCUT2D eigenvalue weighted by molar-refractivity contribution is -0.135. The van der Waals surface area contributed by atoms with Crippen LogP contribution in [0, 0.1) is 11.8 Å². The Labute approximate surface area is 347 Å². The summed E-state index contributed by atoms with van der Waals surface area (Å²) in [7, 11) is 2.60. The summed E-state index contributed by atoms with van der Waals surface area (Å²) in [6.07, 6.45) is 7.30. The number of hydrogen-bond donors (Lipinski definition) is 4. The lowest BCUT2D eigenvalue weighted by Gasteiger charge is -2.31. The molecule has 7 unspecified atom stereocenters. The number of carbonyl (C=O) groups excluding carboxylic acids is 4. The number of likely N-dealkylation sites (tertiary alicyclic amines) is 2. The highest BCUT2D eigenvalue weighted by atomic mass is 16.5. The zero-order chi connectivity index (χ0) is 42.0. The number of nitrogens with zero attached hydrogens (tertiary/aromatic N) is 4. The maximum Gasteiger partial charge on any atom is 0.407 e. The second-order valence-corrected chi connectivity index (χ2v) is 16.8. The highest BCUT2D eigenvalue weighted by molar-refractivity contribution is 5.98. The van der Waals surface area contributed by atoms with Crippen molar-refractivity contribution < 1.29 is 28.7 Å². The average Bonchev–Trinajstić information content (AvgIpc) is 4.07. The molecular formula is C45H58N8O6. The number of allylic oxidation sites excluding steroid dienone is 2. The maximum atomic E-state index is 13.7. The van der Waals surface area contributed by atoms with E-state index in [1.54, 1.807) is 0 Å². The van der Waals surface area contributed by atoms with Crippen molar-refractivity contribution in [2.45, 2.75) is 109 Å². The summed E-state index contributed by atoms with van der Waals surface area (Å²) >= 11 is 0. The Morgan fingerprint density at radius 1 is 0.729 bits per heavy atom. The summed E-state index contributed by atoms with van der Waals surface area (Å²) in [5.41, 5.74) is 6.60.